The molecular weight excluding hydrogens is 466 g/mol. The van der Waals surface area contributed by atoms with Crippen molar-refractivity contribution in [1.29, 1.82) is 0 Å². The number of benzene rings is 2. The molecule has 0 radical (unpaired) electrons. The lowest BCUT2D eigenvalue weighted by molar-refractivity contribution is -0.120. The van der Waals surface area contributed by atoms with Crippen LogP contribution in [0, 0.1) is 13.8 Å². The number of fused-ring (bicyclic) bond motifs is 1. The summed E-state index contributed by atoms with van der Waals surface area (Å²) < 4.78 is 7.51. The maximum absolute atomic E-state index is 12.5. The van der Waals surface area contributed by atoms with Gasteiger partial charge in [0.2, 0.25) is 5.88 Å². The molecule has 1 aliphatic heterocycles. The lowest BCUT2D eigenvalue weighted by atomic mass is 9.97. The number of aromatic nitrogens is 2. The van der Waals surface area contributed by atoms with E-state index >= 15 is 0 Å². The molecule has 1 fully saturated rings. The number of hydrogen-bond donors (Lipinski definition) is 1. The van der Waals surface area contributed by atoms with E-state index in [1.54, 1.807) is 6.20 Å². The predicted octanol–water partition coefficient (Wildman–Crippen LogP) is 6.23. The van der Waals surface area contributed by atoms with E-state index in [1.807, 2.05) is 73.1 Å². The summed E-state index contributed by atoms with van der Waals surface area (Å²) in [6, 6.07) is 17.6. The maximum Gasteiger partial charge on any atom is 0.302 e. The van der Waals surface area contributed by atoms with Crippen molar-refractivity contribution in [3.05, 3.63) is 83.7 Å². The fraction of sp³-hybridized carbons (Fsp3) is 0.310. The Hall–Kier alpha value is -4.04. The van der Waals surface area contributed by atoms with Crippen LogP contribution >= 0.6 is 0 Å². The summed E-state index contributed by atoms with van der Waals surface area (Å²) in [5.74, 6) is 0.112. The van der Waals surface area contributed by atoms with E-state index in [4.69, 9.17) is 4.74 Å². The highest BCUT2D eigenvalue weighted by molar-refractivity contribution is 5.95. The molecule has 0 bridgehead atoms. The molecule has 1 saturated heterocycles. The van der Waals surface area contributed by atoms with Crippen LogP contribution < -0.4 is 4.74 Å². The van der Waals surface area contributed by atoms with Crippen molar-refractivity contribution in [1.82, 2.24) is 14.5 Å². The normalized spacial score (nSPS) is 16.4. The molecule has 5 rings (SSSR count). The van der Waals surface area contributed by atoms with Crippen LogP contribution in [-0.4, -0.2) is 38.6 Å². The summed E-state index contributed by atoms with van der Waals surface area (Å²) in [5.41, 5.74) is 4.36. The minimum atomic E-state index is -0.523. The van der Waals surface area contributed by atoms with Gasteiger partial charge in [-0.1, -0.05) is 42.8 Å². The van der Waals surface area contributed by atoms with Gasteiger partial charge in [-0.3, -0.25) is 19.2 Å². The van der Waals surface area contributed by atoms with E-state index in [2.05, 4.69) is 26.2 Å². The summed E-state index contributed by atoms with van der Waals surface area (Å²) in [6.07, 6.45) is 6.99. The van der Waals surface area contributed by atoms with E-state index in [0.717, 1.165) is 47.8 Å². The molecule has 8 nitrogen and oxygen atoms in total. The maximum atomic E-state index is 12.5. The largest absolute Gasteiger partial charge is 0.493 e. The Morgan fingerprint density at radius 2 is 1.97 bits per heavy atom. The number of hydrogen-bond acceptors (Lipinski definition) is 6. The van der Waals surface area contributed by atoms with E-state index in [-0.39, 0.29) is 24.2 Å². The van der Waals surface area contributed by atoms with Crippen LogP contribution in [0.5, 0.6) is 11.6 Å². The molecule has 1 atom stereocenters. The van der Waals surface area contributed by atoms with Crippen LogP contribution in [0.25, 0.3) is 10.9 Å². The van der Waals surface area contributed by atoms with Gasteiger partial charge in [0.05, 0.1) is 12.2 Å². The zero-order valence-corrected chi connectivity index (χ0v) is 21.2. The predicted molar refractivity (Wildman–Crippen MR) is 142 cm³/mol. The molecule has 0 aliphatic carbocycles. The average Bonchev–Trinajstić information content (AvgIpc) is 3.19. The summed E-state index contributed by atoms with van der Waals surface area (Å²) >= 11 is 0. The van der Waals surface area contributed by atoms with Crippen molar-refractivity contribution in [3.63, 3.8) is 0 Å². The molecule has 0 saturated carbocycles. The Morgan fingerprint density at radius 1 is 1.11 bits per heavy atom. The van der Waals surface area contributed by atoms with Gasteiger partial charge < -0.3 is 9.84 Å². The summed E-state index contributed by atoms with van der Waals surface area (Å²) in [6.45, 7) is 5.12. The first-order valence-corrected chi connectivity index (χ1v) is 12.6. The second kappa shape index (κ2) is 10.9. The topological polar surface area (TPSA) is 92.3 Å². The van der Waals surface area contributed by atoms with Gasteiger partial charge in [0.1, 0.15) is 5.75 Å². The third-order valence-electron chi connectivity index (χ3n) is 7.09. The fourth-order valence-corrected chi connectivity index (χ4v) is 4.96. The van der Waals surface area contributed by atoms with Crippen LogP contribution in [0.1, 0.15) is 42.0 Å². The lowest BCUT2D eigenvalue weighted by Gasteiger charge is -2.36. The van der Waals surface area contributed by atoms with Gasteiger partial charge in [0.25, 0.3) is 0 Å². The van der Waals surface area contributed by atoms with Crippen LogP contribution in [0.4, 0.5) is 5.69 Å². The Labute approximate surface area is 216 Å². The number of pyridine rings is 1. The van der Waals surface area contributed by atoms with Crippen LogP contribution in [0.3, 0.4) is 0 Å². The molecule has 190 valence electrons. The highest BCUT2D eigenvalue weighted by Gasteiger charge is 2.26. The third-order valence-corrected chi connectivity index (χ3v) is 7.09. The summed E-state index contributed by atoms with van der Waals surface area (Å²) in [4.78, 5) is 19.1. The van der Waals surface area contributed by atoms with E-state index in [9.17, 15) is 9.90 Å². The number of para-hydroxylation sites is 1. The number of amides is 1. The first-order valence-electron chi connectivity index (χ1n) is 12.6. The van der Waals surface area contributed by atoms with Crippen molar-refractivity contribution in [3.8, 4) is 11.6 Å². The molecule has 2 aromatic carbocycles. The zero-order chi connectivity index (χ0) is 25.8. The number of carbonyl (C=O) groups is 1. The Bertz CT molecular complexity index is 1430. The van der Waals surface area contributed by atoms with Gasteiger partial charge in [-0.2, -0.15) is 0 Å². The van der Waals surface area contributed by atoms with Crippen molar-refractivity contribution in [2.45, 2.75) is 45.8 Å². The number of likely N-dealkylation sites (tertiary alicyclic amines) is 1. The van der Waals surface area contributed by atoms with Gasteiger partial charge in [-0.25, -0.2) is 0 Å². The number of aromatic hydroxyl groups is 1. The summed E-state index contributed by atoms with van der Waals surface area (Å²) in [5, 5.41) is 20.0. The molecule has 37 heavy (non-hydrogen) atoms. The second-order valence-corrected chi connectivity index (χ2v) is 9.45. The molecule has 2 aromatic heterocycles. The minimum absolute atomic E-state index is 0.0105. The highest BCUT2D eigenvalue weighted by Crippen LogP contribution is 2.40. The van der Waals surface area contributed by atoms with Crippen LogP contribution in [0.15, 0.2) is 77.2 Å². The SMILES string of the molecule is Cc1cccc(OCC(=O)N=Nc2c(O)n(CN3CCCC[C@H]3c3cccnc3)c3ccccc23)c1C. The van der Waals surface area contributed by atoms with E-state index in [1.165, 1.54) is 5.56 Å². The first kappa shape index (κ1) is 24.6. The number of ether oxygens (including phenoxy) is 1. The van der Waals surface area contributed by atoms with Crippen molar-refractivity contribution in [2.75, 3.05) is 13.2 Å². The van der Waals surface area contributed by atoms with Crippen LogP contribution in [0.2, 0.25) is 0 Å². The minimum Gasteiger partial charge on any atom is -0.493 e. The number of aryl methyl sites for hydroxylation is 1. The van der Waals surface area contributed by atoms with Crippen molar-refractivity contribution >= 4 is 22.5 Å². The average molecular weight is 498 g/mol. The van der Waals surface area contributed by atoms with E-state index < -0.39 is 5.91 Å². The quantitative estimate of drug-likeness (QED) is 0.306. The Morgan fingerprint density at radius 3 is 2.81 bits per heavy atom. The monoisotopic (exact) mass is 497 g/mol. The van der Waals surface area contributed by atoms with Crippen LogP contribution in [-0.2, 0) is 11.5 Å². The molecule has 1 N–H and O–H groups in total. The molecule has 4 aromatic rings. The molecule has 0 spiro atoms. The molecular formula is C29H31N5O3. The van der Waals surface area contributed by atoms with Crippen molar-refractivity contribution in [2.24, 2.45) is 10.2 Å². The smallest absolute Gasteiger partial charge is 0.302 e. The lowest BCUT2D eigenvalue weighted by Crippen LogP contribution is -2.34. The van der Waals surface area contributed by atoms with Crippen molar-refractivity contribution < 1.29 is 14.6 Å². The second-order valence-electron chi connectivity index (χ2n) is 9.45. The number of azo groups is 1. The van der Waals surface area contributed by atoms with Gasteiger partial charge in [0, 0.05) is 30.4 Å². The first-order chi connectivity index (χ1) is 18.0. The highest BCUT2D eigenvalue weighted by atomic mass is 16.5. The van der Waals surface area contributed by atoms with Gasteiger partial charge >= 0.3 is 5.91 Å². The Balaban J connectivity index is 1.37. The molecule has 1 aliphatic rings. The molecule has 3 heterocycles. The molecule has 8 heteroatoms. The Kier molecular flexibility index (Phi) is 7.28. The molecule has 1 amide bonds. The fourth-order valence-electron chi connectivity index (χ4n) is 4.96. The standard InChI is InChI=1S/C29H31N5O3/c1-20-9-7-14-26(21(20)2)37-18-27(35)31-32-28-23-11-3-4-13-25(23)34(29(28)36)19-33-16-6-5-12-24(33)22-10-8-15-30-17-22/h3-4,7-11,13-15,17,24,36H,5-6,12,16,18-19H2,1-2H3/t24-/m0/s1. The zero-order valence-electron chi connectivity index (χ0n) is 21.2. The third kappa shape index (κ3) is 5.24. The number of nitrogens with zero attached hydrogens (tertiary/aromatic N) is 5. The van der Waals surface area contributed by atoms with Gasteiger partial charge in [-0.15, -0.1) is 10.2 Å². The van der Waals surface area contributed by atoms with Gasteiger partial charge in [0.15, 0.2) is 12.3 Å². The van der Waals surface area contributed by atoms with E-state index in [0.29, 0.717) is 12.4 Å². The number of rotatable bonds is 7. The number of carbonyl (C=O) groups excluding carboxylic acids is 1. The van der Waals surface area contributed by atoms with Gasteiger partial charge in [-0.05, 0) is 61.6 Å². The summed E-state index contributed by atoms with van der Waals surface area (Å²) in [7, 11) is 0. The number of piperidine rings is 1. The molecule has 0 unspecified atom stereocenters.